The Balaban J connectivity index is 1.70. The maximum Gasteiger partial charge on any atom is 0.128 e. The fraction of sp³-hybridized carbons (Fsp3) is 0.478. The van der Waals surface area contributed by atoms with Gasteiger partial charge in [0.1, 0.15) is 38.8 Å². The highest BCUT2D eigenvalue weighted by molar-refractivity contribution is 9.10. The summed E-state index contributed by atoms with van der Waals surface area (Å²) in [6, 6.07) is 14.4. The molecule has 0 aliphatic carbocycles. The zero-order chi connectivity index (χ0) is 19.7. The van der Waals surface area contributed by atoms with E-state index in [1.165, 1.54) is 44.0 Å². The largest absolute Gasteiger partial charge is 0.391 e. The second-order valence-electron chi connectivity index (χ2n) is 8.44. The van der Waals surface area contributed by atoms with Gasteiger partial charge in [-0.25, -0.2) is 0 Å². The summed E-state index contributed by atoms with van der Waals surface area (Å²) in [5.41, 5.74) is 4.44. The van der Waals surface area contributed by atoms with E-state index in [9.17, 15) is 5.11 Å². The predicted molar refractivity (Wildman–Crippen MR) is 119 cm³/mol. The molecule has 0 radical (unpaired) electrons. The molecular formula is C23H31BrN2OS+2. The van der Waals surface area contributed by atoms with Crippen molar-refractivity contribution in [1.29, 1.82) is 0 Å². The first-order valence-electron chi connectivity index (χ1n) is 10.4. The van der Waals surface area contributed by atoms with Crippen molar-refractivity contribution in [2.75, 3.05) is 39.3 Å². The number of hydrogen-bond acceptors (Lipinski definition) is 2. The molecule has 3 N–H and O–H groups in total. The number of piperazine rings is 1. The van der Waals surface area contributed by atoms with Gasteiger partial charge in [-0.15, -0.1) is 0 Å². The van der Waals surface area contributed by atoms with E-state index >= 15 is 0 Å². The first kappa shape index (κ1) is 20.4. The lowest BCUT2D eigenvalue weighted by Gasteiger charge is -2.35. The van der Waals surface area contributed by atoms with Crippen molar-refractivity contribution in [2.45, 2.75) is 42.0 Å². The van der Waals surface area contributed by atoms with Crippen LogP contribution in [0.25, 0.3) is 0 Å². The van der Waals surface area contributed by atoms with E-state index in [2.05, 4.69) is 66.2 Å². The van der Waals surface area contributed by atoms with Gasteiger partial charge in [-0.1, -0.05) is 47.6 Å². The van der Waals surface area contributed by atoms with Crippen molar-refractivity contribution in [3.05, 3.63) is 57.6 Å². The van der Waals surface area contributed by atoms with Crippen LogP contribution in [0.3, 0.4) is 0 Å². The lowest BCUT2D eigenvalue weighted by atomic mass is 9.93. The Morgan fingerprint density at radius 1 is 1.07 bits per heavy atom. The van der Waals surface area contributed by atoms with Crippen molar-refractivity contribution in [3.8, 4) is 0 Å². The molecule has 0 spiro atoms. The Hall–Kier alpha value is -0.850. The van der Waals surface area contributed by atoms with E-state index in [4.69, 9.17) is 0 Å². The molecule has 0 bridgehead atoms. The summed E-state index contributed by atoms with van der Waals surface area (Å²) >= 11 is 5.62. The number of rotatable bonds is 4. The number of fused-ring (bicyclic) bond motifs is 2. The zero-order valence-corrected chi connectivity index (χ0v) is 19.2. The third kappa shape index (κ3) is 4.34. The Morgan fingerprint density at radius 2 is 1.82 bits per heavy atom. The van der Waals surface area contributed by atoms with Crippen molar-refractivity contribution >= 4 is 27.7 Å². The average Bonchev–Trinajstić information content (AvgIpc) is 2.84. The standard InChI is InChI=1S/C23H29BrN2OS/c1-16(2)17-3-5-23-20(14-17)21(26-9-7-25(8-10-26)11-12-27)15-18-13-19(24)4-6-22(18)28-23/h3-6,13-14,16,21,27H,7-12,15H2,1-2H3/p+2/t21-/m0/s1. The molecule has 0 amide bonds. The Morgan fingerprint density at radius 3 is 2.54 bits per heavy atom. The first-order valence-corrected chi connectivity index (χ1v) is 12.0. The maximum absolute atomic E-state index is 9.28. The normalized spacial score (nSPS) is 24.5. The van der Waals surface area contributed by atoms with Crippen LogP contribution in [-0.2, 0) is 6.42 Å². The molecule has 4 rings (SSSR count). The molecule has 1 fully saturated rings. The van der Waals surface area contributed by atoms with Gasteiger partial charge in [0, 0.05) is 26.2 Å². The molecule has 3 nitrogen and oxygen atoms in total. The average molecular weight is 463 g/mol. The number of aliphatic hydroxyl groups excluding tert-OH is 1. The lowest BCUT2D eigenvalue weighted by Crippen LogP contribution is -3.28. The zero-order valence-electron chi connectivity index (χ0n) is 16.8. The molecule has 2 aromatic rings. The van der Waals surface area contributed by atoms with Crippen LogP contribution in [-0.4, -0.2) is 44.4 Å². The van der Waals surface area contributed by atoms with Gasteiger partial charge in [-0.05, 0) is 47.4 Å². The van der Waals surface area contributed by atoms with Gasteiger partial charge in [0.25, 0.3) is 0 Å². The maximum atomic E-state index is 9.28. The van der Waals surface area contributed by atoms with Crippen LogP contribution < -0.4 is 9.80 Å². The Labute approximate surface area is 181 Å². The first-order chi connectivity index (χ1) is 13.5. The van der Waals surface area contributed by atoms with E-state index in [1.54, 1.807) is 9.80 Å². The molecular weight excluding hydrogens is 432 g/mol. The van der Waals surface area contributed by atoms with E-state index in [1.807, 2.05) is 11.8 Å². The monoisotopic (exact) mass is 462 g/mol. The third-order valence-corrected chi connectivity index (χ3v) is 8.00. The van der Waals surface area contributed by atoms with Crippen LogP contribution in [0.2, 0.25) is 0 Å². The molecule has 5 heteroatoms. The van der Waals surface area contributed by atoms with Gasteiger partial charge in [0.15, 0.2) is 0 Å². The molecule has 28 heavy (non-hydrogen) atoms. The molecule has 150 valence electrons. The second-order valence-corrected chi connectivity index (χ2v) is 10.4. The van der Waals surface area contributed by atoms with Crippen molar-refractivity contribution in [3.63, 3.8) is 0 Å². The molecule has 1 atom stereocenters. The summed E-state index contributed by atoms with van der Waals surface area (Å²) in [4.78, 5) is 6.08. The summed E-state index contributed by atoms with van der Waals surface area (Å²) in [5, 5.41) is 9.28. The van der Waals surface area contributed by atoms with Crippen LogP contribution in [0.4, 0.5) is 0 Å². The van der Waals surface area contributed by atoms with E-state index in [0.29, 0.717) is 18.6 Å². The third-order valence-electron chi connectivity index (χ3n) is 6.30. The van der Waals surface area contributed by atoms with Crippen LogP contribution >= 0.6 is 27.7 Å². The van der Waals surface area contributed by atoms with Gasteiger partial charge >= 0.3 is 0 Å². The lowest BCUT2D eigenvalue weighted by molar-refractivity contribution is -1.03. The minimum Gasteiger partial charge on any atom is -0.391 e. The highest BCUT2D eigenvalue weighted by Crippen LogP contribution is 2.41. The van der Waals surface area contributed by atoms with Gasteiger partial charge in [0.2, 0.25) is 0 Å². The van der Waals surface area contributed by atoms with E-state index < -0.39 is 0 Å². The number of nitrogens with one attached hydrogen (secondary N) is 2. The highest BCUT2D eigenvalue weighted by Gasteiger charge is 2.34. The number of aliphatic hydroxyl groups is 1. The molecule has 2 aliphatic heterocycles. The van der Waals surface area contributed by atoms with Crippen molar-refractivity contribution in [1.82, 2.24) is 0 Å². The van der Waals surface area contributed by atoms with Crippen LogP contribution in [0.15, 0.2) is 50.7 Å². The topological polar surface area (TPSA) is 29.1 Å². The SMILES string of the molecule is CC(C)c1ccc2c(c1)[C@@H]([NH+]1CC[NH+](CCO)CC1)Cc1cc(Br)ccc1S2. The summed E-state index contributed by atoms with van der Waals surface area (Å²) in [6.07, 6.45) is 1.10. The van der Waals surface area contributed by atoms with Crippen LogP contribution in [0, 0.1) is 0 Å². The number of hydrogen-bond donors (Lipinski definition) is 3. The smallest absolute Gasteiger partial charge is 0.128 e. The summed E-state index contributed by atoms with van der Waals surface area (Å²) in [5.74, 6) is 0.552. The summed E-state index contributed by atoms with van der Waals surface area (Å²) in [6.45, 7) is 10.4. The predicted octanol–water partition coefficient (Wildman–Crippen LogP) is 2.10. The Bertz CT molecular complexity index is 833. The van der Waals surface area contributed by atoms with Gasteiger partial charge < -0.3 is 14.9 Å². The summed E-state index contributed by atoms with van der Waals surface area (Å²) in [7, 11) is 0. The molecule has 2 aromatic carbocycles. The van der Waals surface area contributed by atoms with Gasteiger partial charge in [-0.3, -0.25) is 0 Å². The molecule has 0 saturated carbocycles. The molecule has 0 unspecified atom stereocenters. The number of halogens is 1. The molecule has 2 aliphatic rings. The highest BCUT2D eigenvalue weighted by atomic mass is 79.9. The summed E-state index contributed by atoms with van der Waals surface area (Å²) < 4.78 is 1.17. The molecule has 0 aromatic heterocycles. The second kappa shape index (κ2) is 8.88. The fourth-order valence-electron chi connectivity index (χ4n) is 4.59. The number of benzene rings is 2. The van der Waals surface area contributed by atoms with Gasteiger partial charge in [-0.2, -0.15) is 0 Å². The van der Waals surface area contributed by atoms with Crippen molar-refractivity contribution in [2.24, 2.45) is 0 Å². The Kier molecular flexibility index (Phi) is 6.48. The molecule has 1 saturated heterocycles. The number of quaternary nitrogens is 2. The molecule has 2 heterocycles. The van der Waals surface area contributed by atoms with Crippen LogP contribution in [0.1, 0.15) is 42.5 Å². The van der Waals surface area contributed by atoms with E-state index in [-0.39, 0.29) is 0 Å². The van der Waals surface area contributed by atoms with E-state index in [0.717, 1.165) is 26.1 Å². The minimum atomic E-state index is 0.298. The van der Waals surface area contributed by atoms with Gasteiger partial charge in [0.05, 0.1) is 6.61 Å². The van der Waals surface area contributed by atoms with Crippen molar-refractivity contribution < 1.29 is 14.9 Å². The minimum absolute atomic E-state index is 0.298. The quantitative estimate of drug-likeness (QED) is 0.649. The fourth-order valence-corrected chi connectivity index (χ4v) is 6.10. The van der Waals surface area contributed by atoms with Crippen LogP contribution in [0.5, 0.6) is 0 Å².